The molecule has 1 aromatic rings. The summed E-state index contributed by atoms with van der Waals surface area (Å²) in [6.45, 7) is 5.62. The van der Waals surface area contributed by atoms with Gasteiger partial charge in [0.1, 0.15) is 11.5 Å². The molecule has 0 bridgehead atoms. The smallest absolute Gasteiger partial charge is 0.126 e. The molecule has 0 radical (unpaired) electrons. The molecule has 0 aliphatic heterocycles. The lowest BCUT2D eigenvalue weighted by Gasteiger charge is -2.14. The minimum Gasteiger partial charge on any atom is -0.507 e. The zero-order valence-electron chi connectivity index (χ0n) is 11.4. The average Bonchev–Trinajstić information content (AvgIpc) is 2.42. The Kier molecular flexibility index (Phi) is 4.69. The van der Waals surface area contributed by atoms with Gasteiger partial charge in [0, 0.05) is 17.7 Å². The van der Waals surface area contributed by atoms with Crippen molar-refractivity contribution in [3.05, 3.63) is 28.3 Å². The SMILES string of the molecule is Cc1c(C)c(O)c(/C=C/CN(C=N)C=N)c(C)c1O. The summed E-state index contributed by atoms with van der Waals surface area (Å²) < 4.78 is 0. The van der Waals surface area contributed by atoms with Crippen LogP contribution in [0.15, 0.2) is 6.08 Å². The third-order valence-corrected chi connectivity index (χ3v) is 3.22. The second kappa shape index (κ2) is 6.04. The predicted molar refractivity (Wildman–Crippen MR) is 77.3 cm³/mol. The molecule has 19 heavy (non-hydrogen) atoms. The van der Waals surface area contributed by atoms with Gasteiger partial charge in [-0.25, -0.2) is 0 Å². The molecule has 102 valence electrons. The van der Waals surface area contributed by atoms with Gasteiger partial charge in [0.2, 0.25) is 0 Å². The van der Waals surface area contributed by atoms with E-state index in [1.807, 2.05) is 0 Å². The van der Waals surface area contributed by atoms with E-state index in [4.69, 9.17) is 10.8 Å². The molecule has 0 aliphatic rings. The molecule has 0 aliphatic carbocycles. The first-order valence-corrected chi connectivity index (χ1v) is 5.89. The average molecular weight is 261 g/mol. The maximum Gasteiger partial charge on any atom is 0.126 e. The zero-order valence-corrected chi connectivity index (χ0v) is 11.4. The number of hydrogen-bond donors (Lipinski definition) is 4. The summed E-state index contributed by atoms with van der Waals surface area (Å²) >= 11 is 0. The van der Waals surface area contributed by atoms with Crippen LogP contribution in [0.1, 0.15) is 22.3 Å². The van der Waals surface area contributed by atoms with Crippen LogP contribution in [0.25, 0.3) is 6.08 Å². The number of phenolic OH excluding ortho intramolecular Hbond substituents is 2. The van der Waals surface area contributed by atoms with Crippen LogP contribution >= 0.6 is 0 Å². The van der Waals surface area contributed by atoms with Crippen LogP contribution in [0.2, 0.25) is 0 Å². The zero-order chi connectivity index (χ0) is 14.6. The highest BCUT2D eigenvalue weighted by atomic mass is 16.3. The Morgan fingerprint density at radius 1 is 0.947 bits per heavy atom. The van der Waals surface area contributed by atoms with Crippen molar-refractivity contribution in [2.75, 3.05) is 6.54 Å². The lowest BCUT2D eigenvalue weighted by Crippen LogP contribution is -2.18. The molecule has 0 spiro atoms. The Morgan fingerprint density at radius 3 is 2.00 bits per heavy atom. The second-order valence-corrected chi connectivity index (χ2v) is 4.34. The highest BCUT2D eigenvalue weighted by Gasteiger charge is 2.14. The predicted octanol–water partition coefficient (Wildman–Crippen LogP) is 2.55. The van der Waals surface area contributed by atoms with E-state index in [0.29, 0.717) is 28.8 Å². The molecule has 0 saturated heterocycles. The monoisotopic (exact) mass is 261 g/mol. The molecule has 1 rings (SSSR count). The first-order valence-electron chi connectivity index (χ1n) is 5.89. The van der Waals surface area contributed by atoms with Gasteiger partial charge in [-0.15, -0.1) is 0 Å². The van der Waals surface area contributed by atoms with Gasteiger partial charge < -0.3 is 15.1 Å². The highest BCUT2D eigenvalue weighted by Crippen LogP contribution is 2.36. The molecule has 4 N–H and O–H groups in total. The Bertz CT molecular complexity index is 499. The normalized spacial score (nSPS) is 10.7. The van der Waals surface area contributed by atoms with Gasteiger partial charge in [-0.05, 0) is 31.9 Å². The minimum absolute atomic E-state index is 0.153. The van der Waals surface area contributed by atoms with Crippen LogP contribution in [0, 0.1) is 31.6 Å². The summed E-state index contributed by atoms with van der Waals surface area (Å²) in [6.07, 6.45) is 5.51. The Hall–Kier alpha value is -2.30. The highest BCUT2D eigenvalue weighted by molar-refractivity contribution is 5.73. The van der Waals surface area contributed by atoms with Crippen molar-refractivity contribution in [3.63, 3.8) is 0 Å². The molecule has 0 atom stereocenters. The first kappa shape index (κ1) is 14.8. The van der Waals surface area contributed by atoms with Crippen LogP contribution in [0.3, 0.4) is 0 Å². The van der Waals surface area contributed by atoms with E-state index < -0.39 is 0 Å². The standard InChI is InChI=1S/C14H19N3O2/c1-9-10(2)14(19)12(11(3)13(9)18)5-4-6-17(7-15)8-16/h4-5,7-8,15-16,18-19H,6H2,1-3H3/b5-4+,15-7?,16-8?. The second-order valence-electron chi connectivity index (χ2n) is 4.34. The van der Waals surface area contributed by atoms with Crippen LogP contribution in [-0.4, -0.2) is 34.3 Å². The summed E-state index contributed by atoms with van der Waals surface area (Å²) in [4.78, 5) is 1.36. The van der Waals surface area contributed by atoms with E-state index in [1.54, 1.807) is 32.9 Å². The number of nitrogens with one attached hydrogen (secondary N) is 2. The van der Waals surface area contributed by atoms with Gasteiger partial charge in [0.15, 0.2) is 0 Å². The van der Waals surface area contributed by atoms with Gasteiger partial charge in [0.05, 0.1) is 12.7 Å². The molecule has 0 heterocycles. The van der Waals surface area contributed by atoms with Crippen LogP contribution in [0.4, 0.5) is 0 Å². The van der Waals surface area contributed by atoms with Crippen LogP contribution < -0.4 is 0 Å². The van der Waals surface area contributed by atoms with E-state index in [-0.39, 0.29) is 11.5 Å². The molecule has 0 saturated carbocycles. The Balaban J connectivity index is 3.12. The van der Waals surface area contributed by atoms with Crippen molar-refractivity contribution >= 4 is 18.8 Å². The van der Waals surface area contributed by atoms with Crippen molar-refractivity contribution < 1.29 is 10.2 Å². The molecule has 0 fully saturated rings. The van der Waals surface area contributed by atoms with Gasteiger partial charge in [-0.2, -0.15) is 0 Å². The molecule has 1 aromatic carbocycles. The molecular formula is C14H19N3O2. The molecule has 5 nitrogen and oxygen atoms in total. The number of hydrogen-bond acceptors (Lipinski definition) is 4. The van der Waals surface area contributed by atoms with E-state index in [1.165, 1.54) is 4.90 Å². The fraction of sp³-hybridized carbons (Fsp3) is 0.286. The molecule has 5 heteroatoms. The third kappa shape index (κ3) is 2.93. The molecule has 0 amide bonds. The maximum absolute atomic E-state index is 10.1. The summed E-state index contributed by atoms with van der Waals surface area (Å²) in [5.74, 6) is 0.339. The van der Waals surface area contributed by atoms with Gasteiger partial charge in [-0.1, -0.05) is 12.2 Å². The third-order valence-electron chi connectivity index (χ3n) is 3.22. The van der Waals surface area contributed by atoms with Crippen molar-refractivity contribution in [3.8, 4) is 11.5 Å². The summed E-state index contributed by atoms with van der Waals surface area (Å²) in [6, 6.07) is 0. The van der Waals surface area contributed by atoms with Crippen molar-refractivity contribution in [1.29, 1.82) is 10.8 Å². The lowest BCUT2D eigenvalue weighted by molar-refractivity contribution is 0.448. The van der Waals surface area contributed by atoms with E-state index in [2.05, 4.69) is 0 Å². The lowest BCUT2D eigenvalue weighted by atomic mass is 9.97. The fourth-order valence-electron chi connectivity index (χ4n) is 1.78. The number of rotatable bonds is 5. The van der Waals surface area contributed by atoms with E-state index in [9.17, 15) is 10.2 Å². The number of phenols is 2. The largest absolute Gasteiger partial charge is 0.507 e. The van der Waals surface area contributed by atoms with Crippen LogP contribution in [-0.2, 0) is 0 Å². The quantitative estimate of drug-likeness (QED) is 0.373. The van der Waals surface area contributed by atoms with Gasteiger partial charge >= 0.3 is 0 Å². The Morgan fingerprint density at radius 2 is 1.47 bits per heavy atom. The first-order chi connectivity index (χ1) is 8.93. The summed E-state index contributed by atoms with van der Waals surface area (Å²) in [7, 11) is 0. The van der Waals surface area contributed by atoms with Crippen molar-refractivity contribution in [1.82, 2.24) is 4.90 Å². The van der Waals surface area contributed by atoms with E-state index in [0.717, 1.165) is 12.7 Å². The summed E-state index contributed by atoms with van der Waals surface area (Å²) in [5, 5.41) is 34.2. The van der Waals surface area contributed by atoms with Gasteiger partial charge in [-0.3, -0.25) is 10.8 Å². The van der Waals surface area contributed by atoms with Crippen molar-refractivity contribution in [2.24, 2.45) is 0 Å². The molecule has 0 unspecified atom stereocenters. The van der Waals surface area contributed by atoms with Crippen molar-refractivity contribution in [2.45, 2.75) is 20.8 Å². The number of nitrogens with zero attached hydrogens (tertiary/aromatic N) is 1. The number of aromatic hydroxyl groups is 2. The molecular weight excluding hydrogens is 242 g/mol. The maximum atomic E-state index is 10.1. The number of benzene rings is 1. The van der Waals surface area contributed by atoms with Gasteiger partial charge in [0.25, 0.3) is 0 Å². The fourth-order valence-corrected chi connectivity index (χ4v) is 1.78. The summed E-state index contributed by atoms with van der Waals surface area (Å²) in [5.41, 5.74) is 2.51. The van der Waals surface area contributed by atoms with Crippen LogP contribution in [0.5, 0.6) is 11.5 Å². The topological polar surface area (TPSA) is 91.4 Å². The minimum atomic E-state index is 0.153. The molecule has 0 aromatic heterocycles. The Labute approximate surface area is 112 Å². The van der Waals surface area contributed by atoms with E-state index >= 15 is 0 Å².